The topological polar surface area (TPSA) is 46.9 Å². The quantitative estimate of drug-likeness (QED) is 0.385. The third kappa shape index (κ3) is 5.23. The molecule has 208 valence electrons. The van der Waals surface area contributed by atoms with Gasteiger partial charge in [0.2, 0.25) is 0 Å². The molecule has 0 aliphatic carbocycles. The molecule has 1 atom stereocenters. The molecule has 1 aromatic heterocycles. The molecule has 2 aromatic carbocycles. The molecule has 0 amide bonds. The Hall–Kier alpha value is -2.79. The third-order valence-electron chi connectivity index (χ3n) is 7.56. The number of rotatable bonds is 8. The van der Waals surface area contributed by atoms with Crippen LogP contribution < -0.4 is 10.3 Å². The number of pyridine rings is 1. The van der Waals surface area contributed by atoms with E-state index in [0.717, 1.165) is 19.6 Å². The summed E-state index contributed by atoms with van der Waals surface area (Å²) in [6, 6.07) is 8.24. The molecule has 0 spiro atoms. The van der Waals surface area contributed by atoms with Gasteiger partial charge in [-0.05, 0) is 36.2 Å². The third-order valence-corrected chi connectivity index (χ3v) is 8.82. The van der Waals surface area contributed by atoms with Crippen LogP contribution in [0.2, 0.25) is 0 Å². The smallest absolute Gasteiger partial charge is 0.260 e. The van der Waals surface area contributed by atoms with Crippen LogP contribution in [0.1, 0.15) is 29.7 Å². The number of aromatic nitrogens is 1. The normalized spacial score (nSPS) is 17.6. The van der Waals surface area contributed by atoms with Gasteiger partial charge in [-0.3, -0.25) is 9.36 Å². The molecule has 3 aromatic rings. The number of thioether (sulfide) groups is 1. The summed E-state index contributed by atoms with van der Waals surface area (Å²) < 4.78 is 57.5. The largest absolute Gasteiger partial charge is 0.494 e. The van der Waals surface area contributed by atoms with Gasteiger partial charge in [0.1, 0.15) is 11.6 Å². The molecule has 0 saturated carbocycles. The molecule has 1 saturated heterocycles. The van der Waals surface area contributed by atoms with Gasteiger partial charge in [0, 0.05) is 49.5 Å². The van der Waals surface area contributed by atoms with E-state index in [1.54, 1.807) is 23.6 Å². The number of benzene rings is 2. The summed E-state index contributed by atoms with van der Waals surface area (Å²) >= 11 is 1.51. The highest BCUT2D eigenvalue weighted by molar-refractivity contribution is 7.99. The van der Waals surface area contributed by atoms with Crippen molar-refractivity contribution in [2.75, 3.05) is 52.3 Å². The number of hydrazine groups is 1. The number of morpholine rings is 1. The molecule has 3 heterocycles. The number of methoxy groups -OCH3 is 1. The van der Waals surface area contributed by atoms with E-state index in [4.69, 9.17) is 9.47 Å². The van der Waals surface area contributed by atoms with Crippen LogP contribution in [0, 0.1) is 24.4 Å². The molecule has 0 N–H and O–H groups in total. The van der Waals surface area contributed by atoms with E-state index < -0.39 is 17.5 Å². The second-order valence-corrected chi connectivity index (χ2v) is 10.7. The van der Waals surface area contributed by atoms with Crippen molar-refractivity contribution in [3.05, 3.63) is 80.9 Å². The van der Waals surface area contributed by atoms with Crippen molar-refractivity contribution in [3.8, 4) is 16.9 Å². The fraction of sp³-hybridized carbons (Fsp3) is 0.414. The van der Waals surface area contributed by atoms with Gasteiger partial charge in [0.25, 0.3) is 5.56 Å². The zero-order valence-corrected chi connectivity index (χ0v) is 23.1. The Morgan fingerprint density at radius 1 is 1.08 bits per heavy atom. The van der Waals surface area contributed by atoms with Crippen LogP contribution in [-0.4, -0.2) is 66.8 Å². The first-order chi connectivity index (χ1) is 18.8. The average Bonchev–Trinajstić information content (AvgIpc) is 3.36. The van der Waals surface area contributed by atoms with Gasteiger partial charge in [-0.1, -0.05) is 25.1 Å². The molecule has 0 bridgehead atoms. The molecule has 5 rings (SSSR count). The van der Waals surface area contributed by atoms with Crippen molar-refractivity contribution < 1.29 is 22.6 Å². The van der Waals surface area contributed by atoms with Gasteiger partial charge >= 0.3 is 0 Å². The first kappa shape index (κ1) is 27.8. The standard InChI is InChI=1S/C29H32F3N3O3S/c1-4-33(34-11-13-38-14-12-34)16-19-17-39-29-21(15-22-23(30)8-6-9-24(22)31)18(2)26(28(36)35(19)29)20-7-5-10-25(37-3)27(20)32/h5-10,19H,4,11-17H2,1-3H3. The van der Waals surface area contributed by atoms with Gasteiger partial charge in [-0.25, -0.2) is 23.2 Å². The lowest BCUT2D eigenvalue weighted by Gasteiger charge is -2.38. The first-order valence-electron chi connectivity index (χ1n) is 13.1. The van der Waals surface area contributed by atoms with E-state index >= 15 is 4.39 Å². The van der Waals surface area contributed by atoms with Gasteiger partial charge in [-0.15, -0.1) is 11.8 Å². The van der Waals surface area contributed by atoms with Crippen LogP contribution >= 0.6 is 11.8 Å². The molecule has 2 aliphatic rings. The van der Waals surface area contributed by atoms with Crippen molar-refractivity contribution in [2.45, 2.75) is 31.3 Å². The monoisotopic (exact) mass is 559 g/mol. The Morgan fingerprint density at radius 2 is 1.77 bits per heavy atom. The number of hydrogen-bond donors (Lipinski definition) is 0. The Balaban J connectivity index is 1.67. The predicted octanol–water partition coefficient (Wildman–Crippen LogP) is 5.06. The lowest BCUT2D eigenvalue weighted by Crippen LogP contribution is -2.51. The molecule has 1 fully saturated rings. The minimum Gasteiger partial charge on any atom is -0.494 e. The minimum absolute atomic E-state index is 0.0221. The fourth-order valence-electron chi connectivity index (χ4n) is 5.49. The van der Waals surface area contributed by atoms with Crippen molar-refractivity contribution in [3.63, 3.8) is 0 Å². The van der Waals surface area contributed by atoms with E-state index in [0.29, 0.717) is 41.7 Å². The number of ether oxygens (including phenoxy) is 2. The maximum absolute atomic E-state index is 15.5. The summed E-state index contributed by atoms with van der Waals surface area (Å²) in [5, 5.41) is 5.14. The SMILES string of the molecule is CCN(CC1CSc2c(Cc3c(F)cccc3F)c(C)c(-c3cccc(OC)c3F)c(=O)n21)N1CCOCC1. The highest BCUT2D eigenvalue weighted by Gasteiger charge is 2.34. The summed E-state index contributed by atoms with van der Waals surface area (Å²) in [5.74, 6) is -1.31. The Kier molecular flexibility index (Phi) is 8.37. The number of likely N-dealkylation sites (N-methyl/N-ethyl adjacent to an activating group) is 1. The van der Waals surface area contributed by atoms with Crippen LogP contribution in [0.5, 0.6) is 5.75 Å². The number of hydrogen-bond acceptors (Lipinski definition) is 6. The maximum atomic E-state index is 15.5. The minimum atomic E-state index is -0.655. The molecule has 1 unspecified atom stereocenters. The van der Waals surface area contributed by atoms with Crippen LogP contribution in [0.25, 0.3) is 11.1 Å². The fourth-order valence-corrected chi connectivity index (χ4v) is 6.87. The van der Waals surface area contributed by atoms with Crippen molar-refractivity contribution in [2.24, 2.45) is 0 Å². The van der Waals surface area contributed by atoms with Gasteiger partial charge < -0.3 is 9.47 Å². The first-order valence-corrected chi connectivity index (χ1v) is 14.1. The Morgan fingerprint density at radius 3 is 2.44 bits per heavy atom. The summed E-state index contributed by atoms with van der Waals surface area (Å²) in [6.07, 6.45) is -0.0563. The maximum Gasteiger partial charge on any atom is 0.260 e. The summed E-state index contributed by atoms with van der Waals surface area (Å²) in [6.45, 7) is 7.94. The molecular weight excluding hydrogens is 527 g/mol. The van der Waals surface area contributed by atoms with E-state index in [-0.39, 0.29) is 40.5 Å². The highest BCUT2D eigenvalue weighted by atomic mass is 32.2. The molecular formula is C29H32F3N3O3S. The molecule has 2 aliphatic heterocycles. The van der Waals surface area contributed by atoms with Gasteiger partial charge in [0.05, 0.1) is 37.0 Å². The van der Waals surface area contributed by atoms with Gasteiger partial charge in [0.15, 0.2) is 11.6 Å². The van der Waals surface area contributed by atoms with Crippen LogP contribution in [-0.2, 0) is 11.2 Å². The number of nitrogens with zero attached hydrogens (tertiary/aromatic N) is 3. The van der Waals surface area contributed by atoms with Gasteiger partial charge in [-0.2, -0.15) is 0 Å². The molecule has 39 heavy (non-hydrogen) atoms. The van der Waals surface area contributed by atoms with Crippen LogP contribution in [0.3, 0.4) is 0 Å². The van der Waals surface area contributed by atoms with E-state index in [2.05, 4.69) is 16.9 Å². The van der Waals surface area contributed by atoms with Crippen LogP contribution in [0.15, 0.2) is 46.2 Å². The molecule has 10 heteroatoms. The zero-order chi connectivity index (χ0) is 27.7. The van der Waals surface area contributed by atoms with Crippen molar-refractivity contribution in [1.29, 1.82) is 0 Å². The van der Waals surface area contributed by atoms with Crippen molar-refractivity contribution >= 4 is 11.8 Å². The molecule has 0 radical (unpaired) electrons. The Bertz CT molecular complexity index is 1400. The Labute approximate surface area is 230 Å². The number of fused-ring (bicyclic) bond motifs is 1. The summed E-state index contributed by atoms with van der Waals surface area (Å²) in [4.78, 5) is 14.2. The zero-order valence-electron chi connectivity index (χ0n) is 22.3. The second kappa shape index (κ2) is 11.8. The van der Waals surface area contributed by atoms with Crippen LogP contribution in [0.4, 0.5) is 13.2 Å². The van der Waals surface area contributed by atoms with E-state index in [1.807, 2.05) is 0 Å². The second-order valence-electron chi connectivity index (χ2n) is 9.69. The average molecular weight is 560 g/mol. The predicted molar refractivity (Wildman–Crippen MR) is 146 cm³/mol. The molecule has 6 nitrogen and oxygen atoms in total. The van der Waals surface area contributed by atoms with E-state index in [9.17, 15) is 13.6 Å². The summed E-state index contributed by atoms with van der Waals surface area (Å²) in [7, 11) is 1.37. The number of halogens is 3. The van der Waals surface area contributed by atoms with E-state index in [1.165, 1.54) is 43.1 Å². The van der Waals surface area contributed by atoms with Crippen molar-refractivity contribution in [1.82, 2.24) is 14.6 Å². The highest BCUT2D eigenvalue weighted by Crippen LogP contribution is 2.41. The lowest BCUT2D eigenvalue weighted by atomic mass is 9.94. The lowest BCUT2D eigenvalue weighted by molar-refractivity contribution is -0.0920. The summed E-state index contributed by atoms with van der Waals surface area (Å²) in [5.41, 5.74) is 1.03.